The number of benzene rings is 1. The van der Waals surface area contributed by atoms with E-state index in [2.05, 4.69) is 20.3 Å². The third-order valence-corrected chi connectivity index (χ3v) is 5.76. The van der Waals surface area contributed by atoms with Crippen molar-refractivity contribution < 1.29 is 9.21 Å². The van der Waals surface area contributed by atoms with Crippen molar-refractivity contribution in [2.75, 3.05) is 18.4 Å². The van der Waals surface area contributed by atoms with Crippen molar-refractivity contribution in [3.8, 4) is 11.5 Å². The summed E-state index contributed by atoms with van der Waals surface area (Å²) in [5.74, 6) is 0.458. The number of aryl methyl sites for hydroxylation is 1. The number of aromatic nitrogens is 3. The van der Waals surface area contributed by atoms with Crippen molar-refractivity contribution >= 4 is 34.6 Å². The highest BCUT2D eigenvalue weighted by Gasteiger charge is 2.27. The summed E-state index contributed by atoms with van der Waals surface area (Å²) in [4.78, 5) is 19.2. The molecule has 1 amide bonds. The van der Waals surface area contributed by atoms with Crippen LogP contribution < -0.4 is 5.32 Å². The Kier molecular flexibility index (Phi) is 5.65. The smallest absolute Gasteiger partial charge is 0.288 e. The van der Waals surface area contributed by atoms with Gasteiger partial charge in [0.25, 0.3) is 4.84 Å². The van der Waals surface area contributed by atoms with E-state index in [0.29, 0.717) is 29.1 Å². The van der Waals surface area contributed by atoms with Gasteiger partial charge in [-0.15, -0.1) is 16.4 Å². The minimum atomic E-state index is -0.0738. The molecule has 1 aliphatic rings. The van der Waals surface area contributed by atoms with Gasteiger partial charge in [-0.05, 0) is 50.7 Å². The molecular formula is C19H21N5O2S2. The molecule has 1 aromatic carbocycles. The van der Waals surface area contributed by atoms with Crippen molar-refractivity contribution in [1.82, 2.24) is 19.7 Å². The first-order valence-electron chi connectivity index (χ1n) is 9.16. The fourth-order valence-corrected chi connectivity index (χ4v) is 4.00. The van der Waals surface area contributed by atoms with Crippen LogP contribution in [0.4, 0.5) is 5.13 Å². The van der Waals surface area contributed by atoms with Crippen molar-refractivity contribution in [3.63, 3.8) is 0 Å². The minimum Gasteiger partial charge on any atom is -0.409 e. The van der Waals surface area contributed by atoms with E-state index in [1.807, 2.05) is 36.6 Å². The van der Waals surface area contributed by atoms with E-state index < -0.39 is 0 Å². The Labute approximate surface area is 172 Å². The lowest BCUT2D eigenvalue weighted by Gasteiger charge is -2.31. The lowest BCUT2D eigenvalue weighted by Crippen LogP contribution is -2.41. The summed E-state index contributed by atoms with van der Waals surface area (Å²) in [6.45, 7) is 4.10. The van der Waals surface area contributed by atoms with Crippen molar-refractivity contribution in [2.45, 2.75) is 26.4 Å². The highest BCUT2D eigenvalue weighted by atomic mass is 32.1. The van der Waals surface area contributed by atoms with Crippen LogP contribution in [-0.4, -0.2) is 38.7 Å². The fourth-order valence-electron chi connectivity index (χ4n) is 3.29. The highest BCUT2D eigenvalue weighted by molar-refractivity contribution is 7.71. The second-order valence-electron chi connectivity index (χ2n) is 6.92. The third kappa shape index (κ3) is 4.37. The van der Waals surface area contributed by atoms with Gasteiger partial charge in [-0.25, -0.2) is 9.67 Å². The van der Waals surface area contributed by atoms with Gasteiger partial charge in [-0.2, -0.15) is 0 Å². The molecule has 146 valence electrons. The molecule has 0 spiro atoms. The molecule has 0 radical (unpaired) electrons. The summed E-state index contributed by atoms with van der Waals surface area (Å²) < 4.78 is 7.37. The van der Waals surface area contributed by atoms with Gasteiger partial charge >= 0.3 is 0 Å². The standard InChI is InChI=1S/C19H21N5O2S2/c1-13-4-6-14(7-5-13)17-22-24(19(27)26-17)12-23-9-2-3-15(11-23)16(25)21-18-20-8-10-28-18/h4-8,10,15H,2-3,9,11-12H2,1H3,(H,20,21,25). The molecule has 1 N–H and O–H groups in total. The van der Waals surface area contributed by atoms with E-state index in [9.17, 15) is 4.79 Å². The summed E-state index contributed by atoms with van der Waals surface area (Å²) in [5.41, 5.74) is 2.08. The van der Waals surface area contributed by atoms with E-state index in [1.54, 1.807) is 10.9 Å². The van der Waals surface area contributed by atoms with E-state index in [4.69, 9.17) is 16.6 Å². The molecule has 9 heteroatoms. The predicted octanol–water partition coefficient (Wildman–Crippen LogP) is 3.95. The molecule has 4 rings (SSSR count). The number of rotatable bonds is 5. The largest absolute Gasteiger partial charge is 0.409 e. The molecule has 28 heavy (non-hydrogen) atoms. The quantitative estimate of drug-likeness (QED) is 0.636. The average molecular weight is 416 g/mol. The Bertz CT molecular complexity index is 994. The molecule has 1 fully saturated rings. The van der Waals surface area contributed by atoms with Crippen LogP contribution in [0.25, 0.3) is 11.5 Å². The van der Waals surface area contributed by atoms with Gasteiger partial charge in [-0.3, -0.25) is 9.69 Å². The zero-order valence-corrected chi connectivity index (χ0v) is 17.1. The molecule has 2 aromatic heterocycles. The molecule has 0 bridgehead atoms. The number of piperidine rings is 1. The number of hydrogen-bond acceptors (Lipinski definition) is 7. The SMILES string of the molecule is Cc1ccc(-c2nn(CN3CCCC(C(=O)Nc4nccs4)C3)c(=S)o2)cc1. The maximum absolute atomic E-state index is 12.5. The Balaban J connectivity index is 1.42. The molecule has 0 saturated carbocycles. The van der Waals surface area contributed by atoms with Crippen molar-refractivity contribution in [3.05, 3.63) is 46.2 Å². The molecule has 1 unspecified atom stereocenters. The average Bonchev–Trinajstić information content (AvgIpc) is 3.33. The van der Waals surface area contributed by atoms with E-state index in [1.165, 1.54) is 16.9 Å². The first-order chi connectivity index (χ1) is 13.6. The maximum Gasteiger partial charge on any atom is 0.288 e. The van der Waals surface area contributed by atoms with Crippen molar-refractivity contribution in [1.29, 1.82) is 0 Å². The van der Waals surface area contributed by atoms with Gasteiger partial charge in [-0.1, -0.05) is 17.7 Å². The zero-order valence-electron chi connectivity index (χ0n) is 15.5. The van der Waals surface area contributed by atoms with Crippen molar-refractivity contribution in [2.24, 2.45) is 5.92 Å². The number of amides is 1. The molecular weight excluding hydrogens is 394 g/mol. The second-order valence-corrected chi connectivity index (χ2v) is 8.17. The molecule has 1 atom stereocenters. The van der Waals surface area contributed by atoms with Crippen LogP contribution in [0.1, 0.15) is 18.4 Å². The molecule has 3 aromatic rings. The van der Waals surface area contributed by atoms with Crippen LogP contribution in [0.2, 0.25) is 0 Å². The number of thiazole rings is 1. The van der Waals surface area contributed by atoms with Gasteiger partial charge in [0.1, 0.15) is 0 Å². The number of anilines is 1. The number of carbonyl (C=O) groups is 1. The van der Waals surface area contributed by atoms with Gasteiger partial charge in [0, 0.05) is 23.7 Å². The zero-order chi connectivity index (χ0) is 19.5. The number of hydrogen-bond donors (Lipinski definition) is 1. The first-order valence-corrected chi connectivity index (χ1v) is 10.4. The van der Waals surface area contributed by atoms with Crippen LogP contribution in [0, 0.1) is 17.7 Å². The highest BCUT2D eigenvalue weighted by Crippen LogP contribution is 2.22. The Morgan fingerprint density at radius 2 is 2.21 bits per heavy atom. The van der Waals surface area contributed by atoms with Gasteiger partial charge in [0.05, 0.1) is 12.6 Å². The Morgan fingerprint density at radius 3 is 2.96 bits per heavy atom. The fraction of sp³-hybridized carbons (Fsp3) is 0.368. The number of carbonyl (C=O) groups excluding carboxylic acids is 1. The molecule has 7 nitrogen and oxygen atoms in total. The topological polar surface area (TPSA) is 76.2 Å². The Morgan fingerprint density at radius 1 is 1.39 bits per heavy atom. The summed E-state index contributed by atoms with van der Waals surface area (Å²) in [6, 6.07) is 7.98. The van der Waals surface area contributed by atoms with E-state index in [0.717, 1.165) is 24.9 Å². The summed E-state index contributed by atoms with van der Waals surface area (Å²) in [5, 5.41) is 9.92. The number of nitrogens with one attached hydrogen (secondary N) is 1. The van der Waals surface area contributed by atoms with Crippen LogP contribution in [0.15, 0.2) is 40.3 Å². The normalized spacial score (nSPS) is 17.5. The maximum atomic E-state index is 12.5. The molecule has 0 aliphatic carbocycles. The van der Waals surface area contributed by atoms with E-state index in [-0.39, 0.29) is 11.8 Å². The van der Waals surface area contributed by atoms with Crippen LogP contribution in [0.3, 0.4) is 0 Å². The predicted molar refractivity (Wildman–Crippen MR) is 111 cm³/mol. The van der Waals surface area contributed by atoms with Gasteiger partial charge in [0.15, 0.2) is 5.13 Å². The summed E-state index contributed by atoms with van der Waals surface area (Å²) in [7, 11) is 0. The Hall–Kier alpha value is -2.36. The third-order valence-electron chi connectivity index (χ3n) is 4.78. The second kappa shape index (κ2) is 8.34. The minimum absolute atomic E-state index is 0.0174. The van der Waals surface area contributed by atoms with Crippen LogP contribution >= 0.6 is 23.6 Å². The van der Waals surface area contributed by atoms with Crippen LogP contribution in [0.5, 0.6) is 0 Å². The molecule has 3 heterocycles. The van der Waals surface area contributed by atoms with Crippen LogP contribution in [-0.2, 0) is 11.5 Å². The lowest BCUT2D eigenvalue weighted by molar-refractivity contribution is -0.121. The molecule has 1 saturated heterocycles. The number of nitrogens with zero attached hydrogens (tertiary/aromatic N) is 4. The summed E-state index contributed by atoms with van der Waals surface area (Å²) >= 11 is 6.77. The summed E-state index contributed by atoms with van der Waals surface area (Å²) in [6.07, 6.45) is 3.50. The number of likely N-dealkylation sites (tertiary alicyclic amines) is 1. The van der Waals surface area contributed by atoms with Gasteiger partial charge < -0.3 is 9.73 Å². The van der Waals surface area contributed by atoms with E-state index >= 15 is 0 Å². The molecule has 1 aliphatic heterocycles. The van der Waals surface area contributed by atoms with Gasteiger partial charge in [0.2, 0.25) is 11.8 Å². The lowest BCUT2D eigenvalue weighted by atomic mass is 9.97. The monoisotopic (exact) mass is 415 g/mol. The first kappa shape index (κ1) is 19.0.